The first kappa shape index (κ1) is 12.3. The van der Waals surface area contributed by atoms with Crippen molar-refractivity contribution >= 4 is 11.6 Å². The molecule has 0 bridgehead atoms. The number of ether oxygens (including phenoxy) is 1. The molecule has 0 unspecified atom stereocenters. The first-order chi connectivity index (χ1) is 6.83. The third kappa shape index (κ3) is 3.36. The maximum absolute atomic E-state index is 13.1. The summed E-state index contributed by atoms with van der Waals surface area (Å²) in [5.41, 5.74) is 6.32. The number of benzene rings is 1. The Kier molecular flexibility index (Phi) is 3.58. The van der Waals surface area contributed by atoms with Gasteiger partial charge in [-0.3, -0.25) is 0 Å². The van der Waals surface area contributed by atoms with Crippen LogP contribution in [0.25, 0.3) is 0 Å². The van der Waals surface area contributed by atoms with Gasteiger partial charge in [-0.05, 0) is 31.9 Å². The predicted molar refractivity (Wildman–Crippen MR) is 59.9 cm³/mol. The van der Waals surface area contributed by atoms with E-state index in [1.54, 1.807) is 6.07 Å². The molecule has 1 rings (SSSR count). The van der Waals surface area contributed by atoms with Gasteiger partial charge >= 0.3 is 0 Å². The number of nitrogens with two attached hydrogens (primary N) is 1. The van der Waals surface area contributed by atoms with E-state index >= 15 is 0 Å². The van der Waals surface area contributed by atoms with Crippen LogP contribution in [0, 0.1) is 5.82 Å². The van der Waals surface area contributed by atoms with Crippen LogP contribution in [0.2, 0.25) is 5.02 Å². The van der Waals surface area contributed by atoms with Gasteiger partial charge in [-0.1, -0.05) is 11.6 Å². The molecule has 0 saturated heterocycles. The summed E-state index contributed by atoms with van der Waals surface area (Å²) < 4.78 is 18.2. The second-order valence-corrected chi connectivity index (χ2v) is 4.65. The highest BCUT2D eigenvalue weighted by molar-refractivity contribution is 6.30. The maximum atomic E-state index is 13.1. The summed E-state index contributed by atoms with van der Waals surface area (Å²) in [4.78, 5) is 0. The van der Waals surface area contributed by atoms with Crippen molar-refractivity contribution in [2.45, 2.75) is 25.8 Å². The average Bonchev–Trinajstić information content (AvgIpc) is 2.08. The van der Waals surface area contributed by atoms with E-state index in [-0.39, 0.29) is 10.6 Å². The van der Waals surface area contributed by atoms with Crippen molar-refractivity contribution < 1.29 is 9.13 Å². The summed E-state index contributed by atoms with van der Waals surface area (Å²) in [7, 11) is 1.50. The van der Waals surface area contributed by atoms with Gasteiger partial charge in [0.2, 0.25) is 0 Å². The molecule has 0 amide bonds. The molecule has 84 valence electrons. The Morgan fingerprint density at radius 3 is 2.53 bits per heavy atom. The van der Waals surface area contributed by atoms with E-state index in [9.17, 15) is 4.39 Å². The second kappa shape index (κ2) is 4.37. The van der Waals surface area contributed by atoms with Gasteiger partial charge in [0, 0.05) is 11.6 Å². The van der Waals surface area contributed by atoms with Crippen LogP contribution in [0.15, 0.2) is 12.1 Å². The Balaban J connectivity index is 3.11. The molecule has 2 nitrogen and oxygen atoms in total. The molecule has 0 aliphatic heterocycles. The second-order valence-electron chi connectivity index (χ2n) is 4.24. The lowest BCUT2D eigenvalue weighted by Crippen LogP contribution is -2.34. The highest BCUT2D eigenvalue weighted by Crippen LogP contribution is 2.28. The van der Waals surface area contributed by atoms with Crippen molar-refractivity contribution in [2.24, 2.45) is 5.73 Å². The van der Waals surface area contributed by atoms with Crippen molar-refractivity contribution in [1.29, 1.82) is 0 Å². The van der Waals surface area contributed by atoms with E-state index in [1.165, 1.54) is 13.2 Å². The SMILES string of the molecule is COc1cc(F)c(Cl)cc1CC(C)(C)N. The number of rotatable bonds is 3. The monoisotopic (exact) mass is 231 g/mol. The molecule has 0 aliphatic rings. The Hall–Kier alpha value is -0.800. The smallest absolute Gasteiger partial charge is 0.145 e. The Morgan fingerprint density at radius 1 is 1.47 bits per heavy atom. The molecular formula is C11H15ClFNO. The van der Waals surface area contributed by atoms with Gasteiger partial charge in [0.05, 0.1) is 12.1 Å². The third-order valence-corrected chi connectivity index (χ3v) is 2.26. The molecule has 1 aromatic rings. The van der Waals surface area contributed by atoms with Crippen molar-refractivity contribution in [3.63, 3.8) is 0 Å². The minimum atomic E-state index is -0.480. The molecule has 0 heterocycles. The molecule has 0 spiro atoms. The van der Waals surface area contributed by atoms with Crippen molar-refractivity contribution in [1.82, 2.24) is 0 Å². The summed E-state index contributed by atoms with van der Waals surface area (Å²) >= 11 is 5.70. The van der Waals surface area contributed by atoms with Crippen molar-refractivity contribution in [3.8, 4) is 5.75 Å². The Morgan fingerprint density at radius 2 is 2.07 bits per heavy atom. The lowest BCUT2D eigenvalue weighted by atomic mass is 9.95. The zero-order chi connectivity index (χ0) is 11.6. The zero-order valence-electron chi connectivity index (χ0n) is 9.10. The highest BCUT2D eigenvalue weighted by Gasteiger charge is 2.17. The van der Waals surface area contributed by atoms with Gasteiger partial charge < -0.3 is 10.5 Å². The molecule has 0 saturated carbocycles. The summed E-state index contributed by atoms with van der Waals surface area (Å²) in [6, 6.07) is 2.84. The Bertz CT molecular complexity index is 360. The molecule has 0 fully saturated rings. The first-order valence-corrected chi connectivity index (χ1v) is 5.02. The molecule has 4 heteroatoms. The number of hydrogen-bond donors (Lipinski definition) is 1. The van der Waals surface area contributed by atoms with Gasteiger partial charge in [0.1, 0.15) is 11.6 Å². The molecule has 15 heavy (non-hydrogen) atoms. The topological polar surface area (TPSA) is 35.2 Å². The summed E-state index contributed by atoms with van der Waals surface area (Å²) in [6.07, 6.45) is 0.580. The fourth-order valence-electron chi connectivity index (χ4n) is 1.39. The lowest BCUT2D eigenvalue weighted by Gasteiger charge is -2.20. The van der Waals surface area contributed by atoms with E-state index in [0.29, 0.717) is 12.2 Å². The van der Waals surface area contributed by atoms with E-state index < -0.39 is 5.82 Å². The van der Waals surface area contributed by atoms with Crippen LogP contribution >= 0.6 is 11.6 Å². The van der Waals surface area contributed by atoms with E-state index in [4.69, 9.17) is 22.1 Å². The van der Waals surface area contributed by atoms with E-state index in [0.717, 1.165) is 5.56 Å². The molecular weight excluding hydrogens is 217 g/mol. The summed E-state index contributed by atoms with van der Waals surface area (Å²) in [5.74, 6) is 0.00233. The highest BCUT2D eigenvalue weighted by atomic mass is 35.5. The average molecular weight is 232 g/mol. The van der Waals surface area contributed by atoms with E-state index in [1.807, 2.05) is 13.8 Å². The minimum Gasteiger partial charge on any atom is -0.496 e. The van der Waals surface area contributed by atoms with Crippen molar-refractivity contribution in [3.05, 3.63) is 28.5 Å². The largest absolute Gasteiger partial charge is 0.496 e. The summed E-state index contributed by atoms with van der Waals surface area (Å²) in [5, 5.41) is 0.0926. The fourth-order valence-corrected chi connectivity index (χ4v) is 1.58. The van der Waals surface area contributed by atoms with Crippen LogP contribution in [0.1, 0.15) is 19.4 Å². The quantitative estimate of drug-likeness (QED) is 0.868. The molecule has 1 aromatic carbocycles. The van der Waals surface area contributed by atoms with Gasteiger partial charge in [0.15, 0.2) is 0 Å². The molecule has 2 N–H and O–H groups in total. The van der Waals surface area contributed by atoms with Crippen molar-refractivity contribution in [2.75, 3.05) is 7.11 Å². The molecule has 0 aliphatic carbocycles. The zero-order valence-corrected chi connectivity index (χ0v) is 9.86. The fraction of sp³-hybridized carbons (Fsp3) is 0.455. The summed E-state index contributed by atoms with van der Waals surface area (Å²) in [6.45, 7) is 3.79. The van der Waals surface area contributed by atoms with Gasteiger partial charge in [-0.25, -0.2) is 4.39 Å². The van der Waals surface area contributed by atoms with E-state index in [2.05, 4.69) is 0 Å². The third-order valence-electron chi connectivity index (χ3n) is 1.97. The number of halogens is 2. The molecule has 0 aromatic heterocycles. The number of methoxy groups -OCH3 is 1. The van der Waals surface area contributed by atoms with Crippen LogP contribution in [0.3, 0.4) is 0 Å². The van der Waals surface area contributed by atoms with Crippen LogP contribution in [-0.4, -0.2) is 12.6 Å². The van der Waals surface area contributed by atoms with Crippen LogP contribution in [0.4, 0.5) is 4.39 Å². The lowest BCUT2D eigenvalue weighted by molar-refractivity contribution is 0.399. The van der Waals surface area contributed by atoms with Gasteiger partial charge in [-0.15, -0.1) is 0 Å². The van der Waals surface area contributed by atoms with Gasteiger partial charge in [-0.2, -0.15) is 0 Å². The van der Waals surface area contributed by atoms with Crippen LogP contribution < -0.4 is 10.5 Å². The van der Waals surface area contributed by atoms with Crippen LogP contribution in [-0.2, 0) is 6.42 Å². The minimum absolute atomic E-state index is 0.0926. The molecule has 0 radical (unpaired) electrons. The first-order valence-electron chi connectivity index (χ1n) is 4.64. The molecule has 0 atom stereocenters. The maximum Gasteiger partial charge on any atom is 0.145 e. The number of hydrogen-bond acceptors (Lipinski definition) is 2. The van der Waals surface area contributed by atoms with Crippen LogP contribution in [0.5, 0.6) is 5.75 Å². The van der Waals surface area contributed by atoms with Gasteiger partial charge in [0.25, 0.3) is 0 Å². The Labute approximate surface area is 94.2 Å². The normalized spacial score (nSPS) is 11.6. The standard InChI is InChI=1S/C11H15ClFNO/c1-11(2,14)6-7-4-8(12)9(13)5-10(7)15-3/h4-5H,6,14H2,1-3H3. The predicted octanol–water partition coefficient (Wildman–Crippen LogP) is 2.77.